The van der Waals surface area contributed by atoms with E-state index in [-0.39, 0.29) is 11.6 Å². The number of hydrogen-bond donors (Lipinski definition) is 1. The molecular weight excluding hydrogens is 339 g/mol. The van der Waals surface area contributed by atoms with Crippen molar-refractivity contribution in [2.45, 2.75) is 19.5 Å². The molecule has 1 aliphatic rings. The normalized spacial score (nSPS) is 13.8. The summed E-state index contributed by atoms with van der Waals surface area (Å²) in [6.45, 7) is 2.84. The summed E-state index contributed by atoms with van der Waals surface area (Å²) in [5.74, 6) is -0.744. The number of nitrogens with zero attached hydrogens (tertiary/aromatic N) is 1. The number of carbonyl (C=O) groups excluding carboxylic acids is 1. The van der Waals surface area contributed by atoms with Crippen molar-refractivity contribution in [3.8, 4) is 0 Å². The molecule has 0 unspecified atom stereocenters. The van der Waals surface area contributed by atoms with E-state index in [1.807, 2.05) is 12.1 Å². The molecule has 0 radical (unpaired) electrons. The van der Waals surface area contributed by atoms with Crippen molar-refractivity contribution in [1.29, 1.82) is 0 Å². The molecule has 3 aromatic carbocycles. The van der Waals surface area contributed by atoms with E-state index in [0.29, 0.717) is 5.56 Å². The molecule has 0 aliphatic carbocycles. The van der Waals surface area contributed by atoms with Gasteiger partial charge in [0.15, 0.2) is 0 Å². The fourth-order valence-electron chi connectivity index (χ4n) is 3.47. The van der Waals surface area contributed by atoms with Crippen molar-refractivity contribution in [2.75, 3.05) is 11.9 Å². The lowest BCUT2D eigenvalue weighted by Gasteiger charge is -2.28. The predicted molar refractivity (Wildman–Crippen MR) is 105 cm³/mol. The van der Waals surface area contributed by atoms with Gasteiger partial charge in [0.05, 0.1) is 5.69 Å². The van der Waals surface area contributed by atoms with E-state index in [1.54, 1.807) is 30.3 Å². The molecule has 0 aromatic heterocycles. The first-order valence-electron chi connectivity index (χ1n) is 9.13. The van der Waals surface area contributed by atoms with Crippen molar-refractivity contribution in [3.05, 3.63) is 101 Å². The first-order valence-corrected chi connectivity index (χ1v) is 9.13. The van der Waals surface area contributed by atoms with Crippen LogP contribution in [0, 0.1) is 5.82 Å². The summed E-state index contributed by atoms with van der Waals surface area (Å²) in [4.78, 5) is 14.7. The Morgan fingerprint density at radius 2 is 1.63 bits per heavy atom. The van der Waals surface area contributed by atoms with Crippen LogP contribution in [0.4, 0.5) is 10.1 Å². The molecule has 27 heavy (non-hydrogen) atoms. The fraction of sp³-hybridized carbons (Fsp3) is 0.174. The molecule has 0 spiro atoms. The van der Waals surface area contributed by atoms with Crippen LogP contribution in [0.3, 0.4) is 0 Å². The van der Waals surface area contributed by atoms with E-state index >= 15 is 0 Å². The van der Waals surface area contributed by atoms with Crippen LogP contribution in [0.15, 0.2) is 72.8 Å². The lowest BCUT2D eigenvalue weighted by molar-refractivity contribution is 0.102. The number of para-hydroxylation sites is 1. The molecule has 1 amide bonds. The van der Waals surface area contributed by atoms with Crippen LogP contribution in [0.1, 0.15) is 27.0 Å². The van der Waals surface area contributed by atoms with Crippen molar-refractivity contribution >= 4 is 11.6 Å². The van der Waals surface area contributed by atoms with E-state index in [4.69, 9.17) is 0 Å². The van der Waals surface area contributed by atoms with Crippen molar-refractivity contribution < 1.29 is 9.18 Å². The minimum atomic E-state index is -0.437. The highest BCUT2D eigenvalue weighted by Crippen LogP contribution is 2.20. The number of halogens is 1. The summed E-state index contributed by atoms with van der Waals surface area (Å²) >= 11 is 0. The average molecular weight is 360 g/mol. The lowest BCUT2D eigenvalue weighted by Crippen LogP contribution is -2.29. The maximum atomic E-state index is 13.7. The quantitative estimate of drug-likeness (QED) is 0.735. The SMILES string of the molecule is O=C(Nc1ccccc1F)c1ccc(CN2CCc3ccccc3C2)cc1. The van der Waals surface area contributed by atoms with Gasteiger partial charge in [-0.2, -0.15) is 0 Å². The van der Waals surface area contributed by atoms with E-state index < -0.39 is 5.82 Å². The zero-order valence-corrected chi connectivity index (χ0v) is 15.0. The highest BCUT2D eigenvalue weighted by atomic mass is 19.1. The van der Waals surface area contributed by atoms with Gasteiger partial charge in [-0.3, -0.25) is 9.69 Å². The number of nitrogens with one attached hydrogen (secondary N) is 1. The maximum absolute atomic E-state index is 13.7. The number of carbonyl (C=O) groups is 1. The summed E-state index contributed by atoms with van der Waals surface area (Å²) in [5.41, 5.74) is 4.71. The van der Waals surface area contributed by atoms with Gasteiger partial charge in [-0.25, -0.2) is 4.39 Å². The van der Waals surface area contributed by atoms with Gasteiger partial charge in [0.1, 0.15) is 5.82 Å². The smallest absolute Gasteiger partial charge is 0.255 e. The molecule has 1 aliphatic heterocycles. The van der Waals surface area contributed by atoms with Crippen LogP contribution in [0.2, 0.25) is 0 Å². The van der Waals surface area contributed by atoms with Gasteiger partial charge >= 0.3 is 0 Å². The maximum Gasteiger partial charge on any atom is 0.255 e. The molecule has 0 atom stereocenters. The van der Waals surface area contributed by atoms with Gasteiger partial charge in [-0.1, -0.05) is 48.5 Å². The molecular formula is C23H21FN2O. The second-order valence-corrected chi connectivity index (χ2v) is 6.86. The Labute approximate surface area is 158 Å². The highest BCUT2D eigenvalue weighted by molar-refractivity contribution is 6.04. The topological polar surface area (TPSA) is 32.3 Å². The van der Waals surface area contributed by atoms with Crippen LogP contribution >= 0.6 is 0 Å². The zero-order valence-electron chi connectivity index (χ0n) is 15.0. The van der Waals surface area contributed by atoms with Crippen LogP contribution in [-0.2, 0) is 19.5 Å². The minimum absolute atomic E-state index is 0.193. The summed E-state index contributed by atoms with van der Waals surface area (Å²) in [5, 5.41) is 2.61. The number of rotatable bonds is 4. The van der Waals surface area contributed by atoms with Crippen molar-refractivity contribution in [1.82, 2.24) is 4.90 Å². The standard InChI is InChI=1S/C23H21FN2O/c24-21-7-3-4-8-22(21)25-23(27)19-11-9-17(10-12-19)15-26-14-13-18-5-1-2-6-20(18)16-26/h1-12H,13-16H2,(H,25,27). The van der Waals surface area contributed by atoms with E-state index in [2.05, 4.69) is 34.5 Å². The molecule has 0 saturated carbocycles. The molecule has 3 nitrogen and oxygen atoms in total. The summed E-state index contributed by atoms with van der Waals surface area (Å²) < 4.78 is 13.7. The average Bonchev–Trinajstić information content (AvgIpc) is 2.70. The van der Waals surface area contributed by atoms with Crippen LogP contribution in [0.25, 0.3) is 0 Å². The molecule has 4 heteroatoms. The summed E-state index contributed by atoms with van der Waals surface area (Å²) in [7, 11) is 0. The summed E-state index contributed by atoms with van der Waals surface area (Å²) in [6.07, 6.45) is 1.07. The third kappa shape index (κ3) is 4.07. The lowest BCUT2D eigenvalue weighted by atomic mass is 9.99. The summed E-state index contributed by atoms with van der Waals surface area (Å²) in [6, 6.07) is 22.3. The monoisotopic (exact) mass is 360 g/mol. The Hall–Kier alpha value is -2.98. The van der Waals surface area contributed by atoms with Gasteiger partial charge < -0.3 is 5.32 Å². The van der Waals surface area contributed by atoms with Gasteiger partial charge in [-0.05, 0) is 47.4 Å². The number of benzene rings is 3. The largest absolute Gasteiger partial charge is 0.319 e. The molecule has 1 N–H and O–H groups in total. The zero-order chi connectivity index (χ0) is 18.6. The number of hydrogen-bond acceptors (Lipinski definition) is 2. The first-order chi connectivity index (χ1) is 13.2. The molecule has 0 fully saturated rings. The van der Waals surface area contributed by atoms with Crippen molar-refractivity contribution in [2.24, 2.45) is 0 Å². The Morgan fingerprint density at radius 1 is 0.926 bits per heavy atom. The van der Waals surface area contributed by atoms with Gasteiger partial charge in [0, 0.05) is 25.2 Å². The van der Waals surface area contributed by atoms with Gasteiger partial charge in [0.25, 0.3) is 5.91 Å². The molecule has 4 rings (SSSR count). The van der Waals surface area contributed by atoms with E-state index in [1.165, 1.54) is 17.2 Å². The second kappa shape index (κ2) is 7.72. The molecule has 0 saturated heterocycles. The molecule has 3 aromatic rings. The Kier molecular flexibility index (Phi) is 4.99. The van der Waals surface area contributed by atoms with Gasteiger partial charge in [0.2, 0.25) is 0 Å². The van der Waals surface area contributed by atoms with E-state index in [0.717, 1.165) is 31.6 Å². The second-order valence-electron chi connectivity index (χ2n) is 6.86. The van der Waals surface area contributed by atoms with Crippen molar-refractivity contribution in [3.63, 3.8) is 0 Å². The highest BCUT2D eigenvalue weighted by Gasteiger charge is 2.16. The number of anilines is 1. The number of fused-ring (bicyclic) bond motifs is 1. The Bertz CT molecular complexity index is 953. The third-order valence-corrected chi connectivity index (χ3v) is 4.95. The predicted octanol–water partition coefficient (Wildman–Crippen LogP) is 4.64. The molecule has 0 bridgehead atoms. The Balaban J connectivity index is 1.39. The van der Waals surface area contributed by atoms with Crippen LogP contribution < -0.4 is 5.32 Å². The van der Waals surface area contributed by atoms with Crippen LogP contribution in [-0.4, -0.2) is 17.4 Å². The molecule has 136 valence electrons. The van der Waals surface area contributed by atoms with Crippen LogP contribution in [0.5, 0.6) is 0 Å². The van der Waals surface area contributed by atoms with Gasteiger partial charge in [-0.15, -0.1) is 0 Å². The molecule has 1 heterocycles. The third-order valence-electron chi connectivity index (χ3n) is 4.95. The van der Waals surface area contributed by atoms with E-state index in [9.17, 15) is 9.18 Å². The fourth-order valence-corrected chi connectivity index (χ4v) is 3.47. The first kappa shape index (κ1) is 17.4. The minimum Gasteiger partial charge on any atom is -0.319 e. The Morgan fingerprint density at radius 3 is 2.41 bits per heavy atom. The number of amides is 1.